The molecule has 5 atom stereocenters. The molecule has 0 heterocycles. The van der Waals surface area contributed by atoms with Gasteiger partial charge in [0.1, 0.15) is 18.1 Å². The number of rotatable bonds is 17. The van der Waals surface area contributed by atoms with Gasteiger partial charge in [0.25, 0.3) is 0 Å². The molecule has 0 aliphatic rings. The Labute approximate surface area is 209 Å². The summed E-state index contributed by atoms with van der Waals surface area (Å²) in [7, 11) is 0. The molecular formula is C20H38N8O6S. The molecule has 0 spiro atoms. The molecule has 200 valence electrons. The van der Waals surface area contributed by atoms with Gasteiger partial charge in [-0.1, -0.05) is 20.3 Å². The SMILES string of the molecule is CCC(C)C(NC(=O)C(CCCN=C(N)N)NC(=O)C(N)CS)C(=O)NC(CCC(N)=O)C(=O)O. The van der Waals surface area contributed by atoms with Gasteiger partial charge in [0, 0.05) is 18.7 Å². The molecule has 12 N–H and O–H groups in total. The number of carboxylic acids is 1. The first kappa shape index (κ1) is 31.9. The molecule has 0 aliphatic carbocycles. The van der Waals surface area contributed by atoms with E-state index in [0.717, 1.165) is 0 Å². The Morgan fingerprint density at radius 1 is 0.943 bits per heavy atom. The van der Waals surface area contributed by atoms with Crippen LogP contribution < -0.4 is 38.9 Å². The van der Waals surface area contributed by atoms with Gasteiger partial charge in [0.2, 0.25) is 23.6 Å². The molecule has 14 nitrogen and oxygen atoms in total. The van der Waals surface area contributed by atoms with Crippen molar-refractivity contribution in [3.05, 3.63) is 0 Å². The second kappa shape index (κ2) is 16.5. The van der Waals surface area contributed by atoms with Gasteiger partial charge in [-0.3, -0.25) is 24.2 Å². The van der Waals surface area contributed by atoms with E-state index in [0.29, 0.717) is 12.8 Å². The summed E-state index contributed by atoms with van der Waals surface area (Å²) >= 11 is 3.98. The van der Waals surface area contributed by atoms with E-state index < -0.39 is 53.8 Å². The van der Waals surface area contributed by atoms with Crippen molar-refractivity contribution in [3.8, 4) is 0 Å². The smallest absolute Gasteiger partial charge is 0.326 e. The van der Waals surface area contributed by atoms with E-state index in [1.54, 1.807) is 13.8 Å². The molecule has 0 saturated carbocycles. The zero-order valence-corrected chi connectivity index (χ0v) is 20.9. The van der Waals surface area contributed by atoms with Crippen LogP contribution in [-0.2, 0) is 24.0 Å². The predicted molar refractivity (Wildman–Crippen MR) is 133 cm³/mol. The van der Waals surface area contributed by atoms with E-state index in [4.69, 9.17) is 22.9 Å². The topological polar surface area (TPSA) is 258 Å². The second-order valence-corrected chi connectivity index (χ2v) is 8.44. The number of carbonyl (C=O) groups is 5. The first-order chi connectivity index (χ1) is 16.3. The van der Waals surface area contributed by atoms with Crippen LogP contribution in [0.3, 0.4) is 0 Å². The first-order valence-electron chi connectivity index (χ1n) is 11.2. The van der Waals surface area contributed by atoms with Crippen molar-refractivity contribution in [2.75, 3.05) is 12.3 Å². The van der Waals surface area contributed by atoms with Crippen LogP contribution in [0.5, 0.6) is 0 Å². The number of carboxylic acid groups (broad SMARTS) is 1. The van der Waals surface area contributed by atoms with Crippen molar-refractivity contribution >= 4 is 48.2 Å². The number of guanidine groups is 1. The van der Waals surface area contributed by atoms with Gasteiger partial charge in [-0.25, -0.2) is 4.79 Å². The Bertz CT molecular complexity index is 777. The number of thiol groups is 1. The largest absolute Gasteiger partial charge is 0.480 e. The lowest BCUT2D eigenvalue weighted by Crippen LogP contribution is -2.58. The predicted octanol–water partition coefficient (Wildman–Crippen LogP) is -2.85. The molecule has 15 heteroatoms. The number of primary amides is 1. The zero-order valence-electron chi connectivity index (χ0n) is 20.0. The zero-order chi connectivity index (χ0) is 27.1. The molecule has 35 heavy (non-hydrogen) atoms. The van der Waals surface area contributed by atoms with Crippen LogP contribution in [0.2, 0.25) is 0 Å². The molecule has 0 fully saturated rings. The van der Waals surface area contributed by atoms with E-state index in [-0.39, 0.29) is 43.4 Å². The highest BCUT2D eigenvalue weighted by Crippen LogP contribution is 2.11. The summed E-state index contributed by atoms with van der Waals surface area (Å²) in [4.78, 5) is 64.6. The number of hydrogen-bond donors (Lipinski definition) is 9. The molecule has 4 amide bonds. The summed E-state index contributed by atoms with van der Waals surface area (Å²) in [5.74, 6) is -4.54. The summed E-state index contributed by atoms with van der Waals surface area (Å²) in [6.45, 7) is 3.70. The van der Waals surface area contributed by atoms with Crippen molar-refractivity contribution < 1.29 is 29.1 Å². The van der Waals surface area contributed by atoms with Crippen molar-refractivity contribution in [1.82, 2.24) is 16.0 Å². The monoisotopic (exact) mass is 518 g/mol. The summed E-state index contributed by atoms with van der Waals surface area (Å²) in [5, 5.41) is 16.8. The molecule has 0 saturated heterocycles. The highest BCUT2D eigenvalue weighted by Gasteiger charge is 2.32. The van der Waals surface area contributed by atoms with E-state index in [1.165, 1.54) is 0 Å². The van der Waals surface area contributed by atoms with Gasteiger partial charge >= 0.3 is 5.97 Å². The number of hydrogen-bond acceptors (Lipinski definition) is 8. The third-order valence-corrected chi connectivity index (χ3v) is 5.59. The average Bonchev–Trinajstić information content (AvgIpc) is 2.79. The lowest BCUT2D eigenvalue weighted by molar-refractivity contribution is -0.143. The number of nitrogens with two attached hydrogens (primary N) is 4. The molecule has 0 radical (unpaired) electrons. The van der Waals surface area contributed by atoms with Crippen molar-refractivity contribution in [2.24, 2.45) is 33.8 Å². The first-order valence-corrected chi connectivity index (χ1v) is 11.8. The average molecular weight is 519 g/mol. The van der Waals surface area contributed by atoms with Gasteiger partial charge in [-0.15, -0.1) is 0 Å². The summed E-state index contributed by atoms with van der Waals surface area (Å²) in [5.41, 5.74) is 21.3. The molecule has 0 aromatic carbocycles. The van der Waals surface area contributed by atoms with Crippen LogP contribution in [-0.4, -0.2) is 77.1 Å². The van der Waals surface area contributed by atoms with Crippen LogP contribution in [0, 0.1) is 5.92 Å². The van der Waals surface area contributed by atoms with Gasteiger partial charge in [0.15, 0.2) is 5.96 Å². The molecule has 0 aliphatic heterocycles. The van der Waals surface area contributed by atoms with Crippen LogP contribution in [0.1, 0.15) is 46.0 Å². The Kier molecular flexibility index (Phi) is 15.1. The lowest BCUT2D eigenvalue weighted by Gasteiger charge is -2.28. The van der Waals surface area contributed by atoms with Crippen LogP contribution >= 0.6 is 12.6 Å². The third kappa shape index (κ3) is 12.8. The maximum Gasteiger partial charge on any atom is 0.326 e. The van der Waals surface area contributed by atoms with Crippen molar-refractivity contribution in [3.63, 3.8) is 0 Å². The highest BCUT2D eigenvalue weighted by atomic mass is 32.1. The maximum atomic E-state index is 13.1. The Morgan fingerprint density at radius 2 is 1.54 bits per heavy atom. The van der Waals surface area contributed by atoms with Crippen molar-refractivity contribution in [1.29, 1.82) is 0 Å². The minimum atomic E-state index is -1.37. The quantitative estimate of drug-likeness (QED) is 0.0414. The van der Waals surface area contributed by atoms with Crippen LogP contribution in [0.15, 0.2) is 4.99 Å². The summed E-state index contributed by atoms with van der Waals surface area (Å²) in [6.07, 6.45) is 0.499. The molecular weight excluding hydrogens is 480 g/mol. The fourth-order valence-corrected chi connectivity index (χ4v) is 3.06. The summed E-state index contributed by atoms with van der Waals surface area (Å²) in [6, 6.07) is -4.51. The van der Waals surface area contributed by atoms with E-state index in [1.807, 2.05) is 0 Å². The normalized spacial score (nSPS) is 15.0. The van der Waals surface area contributed by atoms with Gasteiger partial charge in [0.05, 0.1) is 6.04 Å². The van der Waals surface area contributed by atoms with Gasteiger partial charge < -0.3 is 44.0 Å². The molecule has 5 unspecified atom stereocenters. The number of aliphatic imine (C=N–C) groups is 1. The minimum absolute atomic E-state index is 0.0496. The summed E-state index contributed by atoms with van der Waals surface area (Å²) < 4.78 is 0. The standard InChI is InChI=1S/C20H38N8O6S/c1-3-10(2)15(18(32)27-13(19(33)34)6-7-14(22)29)28-17(31)12(5-4-8-25-20(23)24)26-16(30)11(21)9-35/h10-13,15,35H,3-9,21H2,1-2H3,(H2,22,29)(H,26,30)(H,27,32)(H,28,31)(H,33,34)(H4,23,24,25). The maximum absolute atomic E-state index is 13.1. The highest BCUT2D eigenvalue weighted by molar-refractivity contribution is 7.80. The molecule has 0 rings (SSSR count). The number of aliphatic carboxylic acids is 1. The number of carbonyl (C=O) groups excluding carboxylic acids is 4. The minimum Gasteiger partial charge on any atom is -0.480 e. The Morgan fingerprint density at radius 3 is 2.03 bits per heavy atom. The fraction of sp³-hybridized carbons (Fsp3) is 0.700. The van der Waals surface area contributed by atoms with Crippen molar-refractivity contribution in [2.45, 2.75) is 70.1 Å². The van der Waals surface area contributed by atoms with E-state index in [2.05, 4.69) is 33.6 Å². The second-order valence-electron chi connectivity index (χ2n) is 8.08. The van der Waals surface area contributed by atoms with Crippen LogP contribution in [0.4, 0.5) is 0 Å². The number of nitrogens with zero attached hydrogens (tertiary/aromatic N) is 1. The van der Waals surface area contributed by atoms with Gasteiger partial charge in [-0.2, -0.15) is 12.6 Å². The lowest BCUT2D eigenvalue weighted by atomic mass is 9.96. The van der Waals surface area contributed by atoms with E-state index in [9.17, 15) is 29.1 Å². The number of amides is 4. The number of nitrogens with one attached hydrogen (secondary N) is 3. The molecule has 0 aromatic heterocycles. The van der Waals surface area contributed by atoms with Crippen LogP contribution in [0.25, 0.3) is 0 Å². The molecule has 0 bridgehead atoms. The Balaban J connectivity index is 5.59. The fourth-order valence-electron chi connectivity index (χ4n) is 2.90. The van der Waals surface area contributed by atoms with Gasteiger partial charge in [-0.05, 0) is 25.2 Å². The third-order valence-electron chi connectivity index (χ3n) is 5.20. The van der Waals surface area contributed by atoms with E-state index >= 15 is 0 Å². The molecule has 0 aromatic rings. The Hall–Kier alpha value is -3.07.